The topological polar surface area (TPSA) is 116 Å². The van der Waals surface area contributed by atoms with Crippen LogP contribution in [0.1, 0.15) is 38.1 Å². The SMILES string of the molecule is C[C@H]1C(=O)N(C)CCN1c1nc(-c2c(O)cccc2F)c(Cl)c2c1C(=O)N1CCN(C(=O)OC(C)(C)C)C[C@@H]1CO2. The number of fused-ring (bicyclic) bond motifs is 2. The van der Waals surface area contributed by atoms with E-state index >= 15 is 4.39 Å². The van der Waals surface area contributed by atoms with Crippen LogP contribution in [0.25, 0.3) is 11.3 Å². The molecule has 0 radical (unpaired) electrons. The molecule has 13 heteroatoms. The molecule has 3 amide bonds. The van der Waals surface area contributed by atoms with Crippen LogP contribution in [0.4, 0.5) is 15.0 Å². The minimum absolute atomic E-state index is 0.0128. The number of hydrogen-bond donors (Lipinski definition) is 1. The predicted molar refractivity (Wildman–Crippen MR) is 149 cm³/mol. The molecule has 0 bridgehead atoms. The minimum Gasteiger partial charge on any atom is -0.507 e. The zero-order valence-corrected chi connectivity index (χ0v) is 24.4. The number of carbonyl (C=O) groups excluding carboxylic acids is 3. The van der Waals surface area contributed by atoms with E-state index in [-0.39, 0.29) is 65.6 Å². The number of likely N-dealkylation sites (N-methyl/N-ethyl adjacent to an activating group) is 1. The Morgan fingerprint density at radius 3 is 2.54 bits per heavy atom. The molecule has 2 aromatic rings. The van der Waals surface area contributed by atoms with Crippen molar-refractivity contribution in [2.45, 2.75) is 45.4 Å². The van der Waals surface area contributed by atoms with Crippen LogP contribution in [0.15, 0.2) is 18.2 Å². The second kappa shape index (κ2) is 10.6. The molecule has 1 aromatic carbocycles. The van der Waals surface area contributed by atoms with E-state index < -0.39 is 41.3 Å². The van der Waals surface area contributed by atoms with Crippen LogP contribution < -0.4 is 9.64 Å². The van der Waals surface area contributed by atoms with Crippen molar-refractivity contribution in [3.63, 3.8) is 0 Å². The fourth-order valence-electron chi connectivity index (χ4n) is 5.36. The quantitative estimate of drug-likeness (QED) is 0.567. The molecule has 0 spiro atoms. The van der Waals surface area contributed by atoms with Crippen LogP contribution in [-0.2, 0) is 9.53 Å². The third-order valence-corrected chi connectivity index (χ3v) is 7.83. The van der Waals surface area contributed by atoms with Gasteiger partial charge in [0.15, 0.2) is 5.75 Å². The number of rotatable bonds is 2. The van der Waals surface area contributed by atoms with Crippen molar-refractivity contribution in [2.75, 3.05) is 51.3 Å². The van der Waals surface area contributed by atoms with Crippen molar-refractivity contribution in [1.82, 2.24) is 19.7 Å². The molecule has 3 aliphatic rings. The highest BCUT2D eigenvalue weighted by Crippen LogP contribution is 2.46. The van der Waals surface area contributed by atoms with Crippen molar-refractivity contribution in [3.05, 3.63) is 34.6 Å². The summed E-state index contributed by atoms with van der Waals surface area (Å²) < 4.78 is 26.7. The number of hydrogen-bond acceptors (Lipinski definition) is 8. The van der Waals surface area contributed by atoms with Crippen molar-refractivity contribution in [2.24, 2.45) is 0 Å². The number of nitrogens with zero attached hydrogens (tertiary/aromatic N) is 5. The summed E-state index contributed by atoms with van der Waals surface area (Å²) in [5.74, 6) is -1.68. The standard InChI is InChI=1S/C28H33ClFN5O6/c1-15-25(37)32(5)9-11-34(15)24-20-23(21(29)22(31-24)19-17(30)7-6-8-18(19)36)40-14-16-13-33(10-12-35(16)26(20)38)27(39)41-28(2,3)4/h6-8,15-16,36H,9-14H2,1-5H3/t15-,16+/m0/s1. The summed E-state index contributed by atoms with van der Waals surface area (Å²) in [7, 11) is 1.69. The summed E-state index contributed by atoms with van der Waals surface area (Å²) in [5.41, 5.74) is -0.993. The first-order valence-corrected chi connectivity index (χ1v) is 13.8. The van der Waals surface area contributed by atoms with E-state index in [4.69, 9.17) is 21.1 Å². The fourth-order valence-corrected chi connectivity index (χ4v) is 5.65. The summed E-state index contributed by atoms with van der Waals surface area (Å²) >= 11 is 6.78. The third kappa shape index (κ3) is 5.20. The second-order valence-corrected chi connectivity index (χ2v) is 11.8. The average Bonchev–Trinajstić information content (AvgIpc) is 3.04. The maximum Gasteiger partial charge on any atom is 0.410 e. The molecule has 0 saturated carbocycles. The lowest BCUT2D eigenvalue weighted by molar-refractivity contribution is -0.132. The summed E-state index contributed by atoms with van der Waals surface area (Å²) in [6.45, 7) is 8.35. The monoisotopic (exact) mass is 589 g/mol. The summed E-state index contributed by atoms with van der Waals surface area (Å²) in [5, 5.41) is 10.4. The van der Waals surface area contributed by atoms with Gasteiger partial charge < -0.3 is 34.2 Å². The van der Waals surface area contributed by atoms with Gasteiger partial charge in [-0.3, -0.25) is 9.59 Å². The molecule has 220 valence electrons. The minimum atomic E-state index is -0.766. The number of anilines is 1. The highest BCUT2D eigenvalue weighted by molar-refractivity contribution is 6.35. The number of aromatic nitrogens is 1. The van der Waals surface area contributed by atoms with Gasteiger partial charge in [-0.25, -0.2) is 14.2 Å². The number of phenolic OH excluding ortho intramolecular Hbond substituents is 1. The van der Waals surface area contributed by atoms with E-state index in [0.29, 0.717) is 13.1 Å². The Bertz CT molecular complexity index is 1400. The van der Waals surface area contributed by atoms with Crippen LogP contribution in [0.2, 0.25) is 5.02 Å². The molecular weight excluding hydrogens is 557 g/mol. The predicted octanol–water partition coefficient (Wildman–Crippen LogP) is 3.37. The first kappa shape index (κ1) is 28.7. The lowest BCUT2D eigenvalue weighted by atomic mass is 10.0. The van der Waals surface area contributed by atoms with E-state index in [2.05, 4.69) is 4.98 Å². The molecule has 0 unspecified atom stereocenters. The van der Waals surface area contributed by atoms with Crippen LogP contribution in [0, 0.1) is 5.82 Å². The molecule has 41 heavy (non-hydrogen) atoms. The first-order valence-electron chi connectivity index (χ1n) is 13.4. The molecule has 4 heterocycles. The van der Waals surface area contributed by atoms with Gasteiger partial charge in [-0.05, 0) is 39.8 Å². The van der Waals surface area contributed by atoms with Crippen LogP contribution >= 0.6 is 11.6 Å². The molecule has 2 atom stereocenters. The fraction of sp³-hybridized carbons (Fsp3) is 0.500. The molecule has 2 fully saturated rings. The first-order chi connectivity index (χ1) is 19.3. The highest BCUT2D eigenvalue weighted by atomic mass is 35.5. The lowest BCUT2D eigenvalue weighted by Gasteiger charge is -2.41. The van der Waals surface area contributed by atoms with E-state index in [1.165, 1.54) is 17.0 Å². The maximum atomic E-state index is 15.0. The van der Waals surface area contributed by atoms with Gasteiger partial charge in [-0.2, -0.15) is 0 Å². The van der Waals surface area contributed by atoms with Crippen LogP contribution in [-0.4, -0.2) is 107 Å². The smallest absolute Gasteiger partial charge is 0.410 e. The third-order valence-electron chi connectivity index (χ3n) is 7.48. The molecule has 1 aromatic heterocycles. The molecule has 2 saturated heterocycles. The maximum absolute atomic E-state index is 15.0. The van der Waals surface area contributed by atoms with Crippen molar-refractivity contribution in [3.8, 4) is 22.8 Å². The molecular formula is C28H33ClFN5O6. The summed E-state index contributed by atoms with van der Waals surface area (Å²) in [4.78, 5) is 50.9. The van der Waals surface area contributed by atoms with Gasteiger partial charge in [0, 0.05) is 39.8 Å². The Morgan fingerprint density at radius 2 is 1.85 bits per heavy atom. The number of carbonyl (C=O) groups is 3. The highest BCUT2D eigenvalue weighted by Gasteiger charge is 2.43. The van der Waals surface area contributed by atoms with Gasteiger partial charge in [0.25, 0.3) is 5.91 Å². The Balaban J connectivity index is 1.61. The number of phenols is 1. The van der Waals surface area contributed by atoms with Gasteiger partial charge in [0.1, 0.15) is 51.9 Å². The Kier molecular flexibility index (Phi) is 7.39. The number of ether oxygens (including phenoxy) is 2. The molecule has 3 aliphatic heterocycles. The number of benzene rings is 1. The van der Waals surface area contributed by atoms with E-state index in [1.54, 1.807) is 49.4 Å². The lowest BCUT2D eigenvalue weighted by Crippen LogP contribution is -2.58. The van der Waals surface area contributed by atoms with Crippen molar-refractivity contribution in [1.29, 1.82) is 0 Å². The molecule has 0 aliphatic carbocycles. The largest absolute Gasteiger partial charge is 0.507 e. The van der Waals surface area contributed by atoms with Gasteiger partial charge in [0.2, 0.25) is 5.91 Å². The number of piperazine rings is 2. The van der Waals surface area contributed by atoms with Crippen LogP contribution in [0.5, 0.6) is 11.5 Å². The summed E-state index contributed by atoms with van der Waals surface area (Å²) in [6.07, 6.45) is -0.492. The number of halogens is 2. The Morgan fingerprint density at radius 1 is 1.15 bits per heavy atom. The van der Waals surface area contributed by atoms with Crippen molar-refractivity contribution < 1.29 is 33.4 Å². The number of amides is 3. The van der Waals surface area contributed by atoms with Gasteiger partial charge >= 0.3 is 6.09 Å². The zero-order chi connectivity index (χ0) is 29.8. The van der Waals surface area contributed by atoms with Crippen LogP contribution in [0.3, 0.4) is 0 Å². The van der Waals surface area contributed by atoms with Crippen molar-refractivity contribution >= 4 is 35.3 Å². The summed E-state index contributed by atoms with van der Waals surface area (Å²) in [6, 6.07) is 2.60. The second-order valence-electron chi connectivity index (χ2n) is 11.5. The molecule has 11 nitrogen and oxygen atoms in total. The number of pyridine rings is 1. The van der Waals surface area contributed by atoms with E-state index in [9.17, 15) is 19.5 Å². The zero-order valence-electron chi connectivity index (χ0n) is 23.6. The van der Waals surface area contributed by atoms with Gasteiger partial charge in [-0.1, -0.05) is 17.7 Å². The van der Waals surface area contributed by atoms with Gasteiger partial charge in [0.05, 0.1) is 11.6 Å². The molecule has 5 rings (SSSR count). The van der Waals surface area contributed by atoms with Gasteiger partial charge in [-0.15, -0.1) is 0 Å². The molecule has 1 N–H and O–H groups in total. The van der Waals surface area contributed by atoms with E-state index in [1.807, 2.05) is 0 Å². The van der Waals surface area contributed by atoms with E-state index in [0.717, 1.165) is 6.07 Å². The number of aromatic hydroxyl groups is 1. The Hall–Kier alpha value is -3.80. The average molecular weight is 590 g/mol. The Labute approximate surface area is 242 Å². The normalized spacial score (nSPS) is 21.2.